The summed E-state index contributed by atoms with van der Waals surface area (Å²) in [7, 11) is 0. The molecule has 0 aromatic rings. The van der Waals surface area contributed by atoms with Gasteiger partial charge in [-0.05, 0) is 32.2 Å². The number of rotatable bonds is 5. The van der Waals surface area contributed by atoms with Crippen LogP contribution in [0.1, 0.15) is 59.3 Å². The van der Waals surface area contributed by atoms with Gasteiger partial charge in [0, 0.05) is 18.6 Å². The summed E-state index contributed by atoms with van der Waals surface area (Å²) in [6.07, 6.45) is 8.06. The van der Waals surface area contributed by atoms with Crippen molar-refractivity contribution in [1.29, 1.82) is 0 Å². The summed E-state index contributed by atoms with van der Waals surface area (Å²) in [6.45, 7) is 9.09. The van der Waals surface area contributed by atoms with Gasteiger partial charge in [-0.25, -0.2) is 0 Å². The summed E-state index contributed by atoms with van der Waals surface area (Å²) < 4.78 is 0. The predicted molar refractivity (Wildman–Crippen MR) is 71.6 cm³/mol. The van der Waals surface area contributed by atoms with Crippen LogP contribution in [0.2, 0.25) is 0 Å². The van der Waals surface area contributed by atoms with E-state index in [0.717, 1.165) is 18.5 Å². The van der Waals surface area contributed by atoms with Crippen molar-refractivity contribution in [1.82, 2.24) is 4.90 Å². The molecule has 0 amide bonds. The molecule has 2 heteroatoms. The van der Waals surface area contributed by atoms with Gasteiger partial charge in [0.25, 0.3) is 0 Å². The second kappa shape index (κ2) is 7.29. The van der Waals surface area contributed by atoms with Crippen LogP contribution in [0.4, 0.5) is 0 Å². The first kappa shape index (κ1) is 14.0. The third-order valence-electron chi connectivity index (χ3n) is 4.36. The normalized spacial score (nSPS) is 25.7. The van der Waals surface area contributed by atoms with Crippen LogP contribution in [0, 0.1) is 5.92 Å². The number of likely N-dealkylation sites (tertiary alicyclic amines) is 1. The molecule has 1 heterocycles. The average molecular weight is 226 g/mol. The zero-order valence-electron chi connectivity index (χ0n) is 11.4. The van der Waals surface area contributed by atoms with Gasteiger partial charge in [0.2, 0.25) is 0 Å². The molecule has 1 saturated heterocycles. The molecule has 0 bridgehead atoms. The zero-order chi connectivity index (χ0) is 12.0. The lowest BCUT2D eigenvalue weighted by Gasteiger charge is -2.39. The highest BCUT2D eigenvalue weighted by molar-refractivity contribution is 4.84. The van der Waals surface area contributed by atoms with E-state index in [9.17, 15) is 0 Å². The fourth-order valence-electron chi connectivity index (χ4n) is 3.22. The molecule has 1 rings (SSSR count). The molecule has 1 aliphatic heterocycles. The first-order valence-electron chi connectivity index (χ1n) is 7.20. The quantitative estimate of drug-likeness (QED) is 0.781. The van der Waals surface area contributed by atoms with Crippen molar-refractivity contribution in [2.75, 3.05) is 13.1 Å². The minimum absolute atomic E-state index is 0.614. The Balaban J connectivity index is 2.67. The van der Waals surface area contributed by atoms with Crippen LogP contribution in [0.25, 0.3) is 0 Å². The lowest BCUT2D eigenvalue weighted by atomic mass is 9.91. The predicted octanol–water partition coefficient (Wildman–Crippen LogP) is 3.01. The highest BCUT2D eigenvalue weighted by Crippen LogP contribution is 2.25. The van der Waals surface area contributed by atoms with Crippen molar-refractivity contribution in [3.05, 3.63) is 0 Å². The van der Waals surface area contributed by atoms with Crippen LogP contribution in [-0.2, 0) is 0 Å². The molecule has 2 N–H and O–H groups in total. The average Bonchev–Trinajstić information content (AvgIpc) is 2.51. The van der Waals surface area contributed by atoms with Gasteiger partial charge in [0.05, 0.1) is 0 Å². The Kier molecular flexibility index (Phi) is 6.37. The van der Waals surface area contributed by atoms with E-state index in [1.165, 1.54) is 45.1 Å². The van der Waals surface area contributed by atoms with E-state index in [1.807, 2.05) is 0 Å². The number of nitrogens with two attached hydrogens (primary N) is 1. The summed E-state index contributed by atoms with van der Waals surface area (Å²) in [6, 6.07) is 1.35. The largest absolute Gasteiger partial charge is 0.329 e. The monoisotopic (exact) mass is 226 g/mol. The highest BCUT2D eigenvalue weighted by Gasteiger charge is 2.28. The maximum atomic E-state index is 6.03. The fourth-order valence-corrected chi connectivity index (χ4v) is 3.22. The fraction of sp³-hybridized carbons (Fsp3) is 1.00. The number of nitrogens with zero attached hydrogens (tertiary/aromatic N) is 1. The molecule has 0 spiro atoms. The van der Waals surface area contributed by atoms with Crippen molar-refractivity contribution < 1.29 is 0 Å². The molecule has 0 radical (unpaired) electrons. The standard InChI is InChI=1S/C14H30N2/c1-4-13(5-2)14(11-15)16-10-8-6-7-9-12(16)3/h12-14H,4-11,15H2,1-3H3. The molecule has 1 fully saturated rings. The Hall–Kier alpha value is -0.0800. The van der Waals surface area contributed by atoms with Crippen LogP contribution < -0.4 is 5.73 Å². The molecular weight excluding hydrogens is 196 g/mol. The molecule has 96 valence electrons. The van der Waals surface area contributed by atoms with Crippen LogP contribution >= 0.6 is 0 Å². The van der Waals surface area contributed by atoms with E-state index in [1.54, 1.807) is 0 Å². The highest BCUT2D eigenvalue weighted by atomic mass is 15.2. The summed E-state index contributed by atoms with van der Waals surface area (Å²) in [5, 5.41) is 0. The van der Waals surface area contributed by atoms with E-state index in [2.05, 4.69) is 25.7 Å². The Morgan fingerprint density at radius 3 is 2.44 bits per heavy atom. The van der Waals surface area contributed by atoms with E-state index in [0.29, 0.717) is 6.04 Å². The van der Waals surface area contributed by atoms with Gasteiger partial charge in [-0.2, -0.15) is 0 Å². The molecule has 0 aromatic carbocycles. The Morgan fingerprint density at radius 2 is 1.88 bits per heavy atom. The maximum absolute atomic E-state index is 6.03. The second-order valence-corrected chi connectivity index (χ2v) is 5.32. The molecule has 16 heavy (non-hydrogen) atoms. The molecule has 0 aromatic heterocycles. The second-order valence-electron chi connectivity index (χ2n) is 5.32. The first-order valence-corrected chi connectivity index (χ1v) is 7.20. The molecular formula is C14H30N2. The maximum Gasteiger partial charge on any atom is 0.0249 e. The van der Waals surface area contributed by atoms with Gasteiger partial charge in [-0.1, -0.05) is 39.5 Å². The lowest BCUT2D eigenvalue weighted by molar-refractivity contribution is 0.102. The number of hydrogen-bond donors (Lipinski definition) is 1. The van der Waals surface area contributed by atoms with E-state index < -0.39 is 0 Å². The van der Waals surface area contributed by atoms with Crippen molar-refractivity contribution in [2.45, 2.75) is 71.4 Å². The molecule has 2 atom stereocenters. The Morgan fingerprint density at radius 1 is 1.19 bits per heavy atom. The SMILES string of the molecule is CCC(CC)C(CN)N1CCCCCC1C. The van der Waals surface area contributed by atoms with E-state index in [4.69, 9.17) is 5.73 Å². The van der Waals surface area contributed by atoms with Crippen LogP contribution in [0.3, 0.4) is 0 Å². The topological polar surface area (TPSA) is 29.3 Å². The minimum Gasteiger partial charge on any atom is -0.329 e. The summed E-state index contributed by atoms with van der Waals surface area (Å²) in [5.41, 5.74) is 6.03. The summed E-state index contributed by atoms with van der Waals surface area (Å²) >= 11 is 0. The van der Waals surface area contributed by atoms with Gasteiger partial charge in [-0.15, -0.1) is 0 Å². The molecule has 2 nitrogen and oxygen atoms in total. The molecule has 1 aliphatic rings. The van der Waals surface area contributed by atoms with Crippen molar-refractivity contribution in [3.8, 4) is 0 Å². The van der Waals surface area contributed by atoms with Crippen LogP contribution in [0.5, 0.6) is 0 Å². The third kappa shape index (κ3) is 3.46. The first-order chi connectivity index (χ1) is 7.74. The van der Waals surface area contributed by atoms with Crippen molar-refractivity contribution >= 4 is 0 Å². The minimum atomic E-state index is 0.614. The van der Waals surface area contributed by atoms with Gasteiger partial charge in [0.15, 0.2) is 0 Å². The van der Waals surface area contributed by atoms with Crippen molar-refractivity contribution in [2.24, 2.45) is 11.7 Å². The molecule has 0 saturated carbocycles. The smallest absolute Gasteiger partial charge is 0.0249 e. The van der Waals surface area contributed by atoms with E-state index in [-0.39, 0.29) is 0 Å². The molecule has 2 unspecified atom stereocenters. The van der Waals surface area contributed by atoms with Crippen LogP contribution in [-0.4, -0.2) is 30.1 Å². The Bertz CT molecular complexity index is 178. The van der Waals surface area contributed by atoms with Gasteiger partial charge in [-0.3, -0.25) is 4.90 Å². The zero-order valence-corrected chi connectivity index (χ0v) is 11.4. The Labute approximate surface area is 102 Å². The van der Waals surface area contributed by atoms with Crippen molar-refractivity contribution in [3.63, 3.8) is 0 Å². The van der Waals surface area contributed by atoms with Gasteiger partial charge in [0.1, 0.15) is 0 Å². The lowest BCUT2D eigenvalue weighted by Crippen LogP contribution is -2.49. The van der Waals surface area contributed by atoms with Gasteiger partial charge < -0.3 is 5.73 Å². The van der Waals surface area contributed by atoms with Gasteiger partial charge >= 0.3 is 0 Å². The number of hydrogen-bond acceptors (Lipinski definition) is 2. The summed E-state index contributed by atoms with van der Waals surface area (Å²) in [5.74, 6) is 0.783. The third-order valence-corrected chi connectivity index (χ3v) is 4.36. The molecule has 0 aliphatic carbocycles. The summed E-state index contributed by atoms with van der Waals surface area (Å²) in [4.78, 5) is 2.70. The van der Waals surface area contributed by atoms with E-state index >= 15 is 0 Å². The van der Waals surface area contributed by atoms with Crippen LogP contribution in [0.15, 0.2) is 0 Å².